The molecule has 0 saturated heterocycles. The van der Waals surface area contributed by atoms with Crippen molar-refractivity contribution in [1.82, 2.24) is 20.8 Å². The number of ether oxygens (including phenoxy) is 2. The van der Waals surface area contributed by atoms with Crippen molar-refractivity contribution in [3.05, 3.63) is 54.2 Å². The van der Waals surface area contributed by atoms with Gasteiger partial charge < -0.3 is 25.2 Å². The summed E-state index contributed by atoms with van der Waals surface area (Å²) in [6.07, 6.45) is 2.92. The van der Waals surface area contributed by atoms with Gasteiger partial charge in [-0.2, -0.15) is 5.10 Å². The molecule has 2 aromatic carbocycles. The number of aliphatic hydroxyl groups excluding tert-OH is 1. The molecule has 9 nitrogen and oxygen atoms in total. The maximum absolute atomic E-state index is 14.1. The van der Waals surface area contributed by atoms with Crippen molar-refractivity contribution in [2.45, 2.75) is 49.3 Å². The Kier molecular flexibility index (Phi) is 6.25. The van der Waals surface area contributed by atoms with Crippen LogP contribution >= 0.6 is 0 Å². The van der Waals surface area contributed by atoms with Crippen LogP contribution in [0.25, 0.3) is 10.9 Å². The summed E-state index contributed by atoms with van der Waals surface area (Å²) in [4.78, 5) is 25.1. The lowest BCUT2D eigenvalue weighted by molar-refractivity contribution is -0.137. The third kappa shape index (κ3) is 4.83. The second kappa shape index (κ2) is 9.38. The first kappa shape index (κ1) is 24.0. The van der Waals surface area contributed by atoms with Crippen LogP contribution in [0.5, 0.6) is 11.5 Å². The van der Waals surface area contributed by atoms with Crippen molar-refractivity contribution < 1.29 is 33.0 Å². The maximum Gasteiger partial charge on any atom is 0.258 e. The van der Waals surface area contributed by atoms with E-state index in [0.29, 0.717) is 42.3 Å². The first-order valence-corrected chi connectivity index (χ1v) is 11.7. The minimum atomic E-state index is -0.854. The molecule has 0 aliphatic heterocycles. The van der Waals surface area contributed by atoms with Crippen molar-refractivity contribution in [3.63, 3.8) is 0 Å². The van der Waals surface area contributed by atoms with Crippen LogP contribution in [0.3, 0.4) is 0 Å². The van der Waals surface area contributed by atoms with E-state index in [0.717, 1.165) is 0 Å². The summed E-state index contributed by atoms with van der Waals surface area (Å²) in [6, 6.07) is 8.12. The fraction of sp³-hybridized carbons (Fsp3) is 0.400. The van der Waals surface area contributed by atoms with Gasteiger partial charge in [-0.25, -0.2) is 8.78 Å². The Bertz CT molecular complexity index is 1270. The second-order valence-corrected chi connectivity index (χ2v) is 9.52. The predicted molar refractivity (Wildman–Crippen MR) is 124 cm³/mol. The van der Waals surface area contributed by atoms with Crippen molar-refractivity contribution in [2.24, 2.45) is 0 Å². The van der Waals surface area contributed by atoms with Crippen LogP contribution in [-0.2, 0) is 9.59 Å². The number of halogens is 2. The molecule has 4 N–H and O–H groups in total. The van der Waals surface area contributed by atoms with Gasteiger partial charge in [0.2, 0.25) is 0 Å². The Morgan fingerprint density at radius 2 is 1.67 bits per heavy atom. The number of hydrogen-bond donors (Lipinski definition) is 4. The molecule has 3 aromatic rings. The van der Waals surface area contributed by atoms with Gasteiger partial charge in [-0.3, -0.25) is 14.7 Å². The van der Waals surface area contributed by atoms with Gasteiger partial charge in [-0.15, -0.1) is 0 Å². The summed E-state index contributed by atoms with van der Waals surface area (Å²) in [5.74, 6) is -1.09. The number of fused-ring (bicyclic) bond motifs is 4. The standard InChI is InChI=1S/C25H26F2N4O5/c26-15-1-3-16(4-2-15)35-14-23(34)30-25-7-5-24(6-8-25,11-21(25)32)29-22(33)13-36-17-9-19(27)18-12-28-31-20(18)10-17/h1-4,9-10,12,21,32H,5-8,11,13-14H2,(H,28,31)(H,29,33)(H,30,34). The number of carbonyl (C=O) groups excluding carboxylic acids is 2. The number of carbonyl (C=O) groups is 2. The molecule has 3 aliphatic rings. The first-order chi connectivity index (χ1) is 17.3. The molecule has 3 saturated carbocycles. The average molecular weight is 501 g/mol. The van der Waals surface area contributed by atoms with Crippen molar-refractivity contribution in [3.8, 4) is 11.5 Å². The van der Waals surface area contributed by atoms with E-state index < -0.39 is 28.8 Å². The number of aliphatic hydroxyl groups is 1. The molecular formula is C25H26F2N4O5. The molecule has 1 aromatic heterocycles. The quantitative estimate of drug-likeness (QED) is 0.376. The lowest BCUT2D eigenvalue weighted by Gasteiger charge is -2.56. The molecule has 1 unspecified atom stereocenters. The number of hydrogen-bond acceptors (Lipinski definition) is 6. The topological polar surface area (TPSA) is 126 Å². The van der Waals surface area contributed by atoms with Gasteiger partial charge in [0.1, 0.15) is 23.1 Å². The SMILES string of the molecule is O=C(COc1cc(F)c2cn[nH]c2c1)NC12CCC(NC(=O)COc3ccc(F)cc3)(CC1)C(O)C2. The Labute approximate surface area is 205 Å². The van der Waals surface area contributed by atoms with Gasteiger partial charge in [-0.05, 0) is 56.4 Å². The van der Waals surface area contributed by atoms with Crippen LogP contribution in [0.1, 0.15) is 32.1 Å². The molecule has 190 valence electrons. The summed E-state index contributed by atoms with van der Waals surface area (Å²) in [5, 5.41) is 23.6. The minimum absolute atomic E-state index is 0.203. The molecule has 1 heterocycles. The van der Waals surface area contributed by atoms with Gasteiger partial charge in [0.25, 0.3) is 11.8 Å². The van der Waals surface area contributed by atoms with E-state index in [1.807, 2.05) is 0 Å². The molecule has 36 heavy (non-hydrogen) atoms. The molecule has 0 radical (unpaired) electrons. The van der Waals surface area contributed by atoms with Crippen LogP contribution in [-0.4, -0.2) is 57.5 Å². The van der Waals surface area contributed by atoms with Crippen LogP contribution < -0.4 is 20.1 Å². The highest BCUT2D eigenvalue weighted by Crippen LogP contribution is 2.47. The maximum atomic E-state index is 14.1. The van der Waals surface area contributed by atoms with Gasteiger partial charge in [0.05, 0.1) is 28.7 Å². The zero-order valence-corrected chi connectivity index (χ0v) is 19.4. The number of nitrogens with one attached hydrogen (secondary N) is 3. The third-order valence-corrected chi connectivity index (χ3v) is 7.15. The number of H-pyrrole nitrogens is 1. The van der Waals surface area contributed by atoms with Crippen LogP contribution in [0.15, 0.2) is 42.6 Å². The second-order valence-electron chi connectivity index (χ2n) is 9.52. The third-order valence-electron chi connectivity index (χ3n) is 7.15. The number of nitrogens with zero attached hydrogens (tertiary/aromatic N) is 1. The Morgan fingerprint density at radius 3 is 2.36 bits per heavy atom. The van der Waals surface area contributed by atoms with Crippen molar-refractivity contribution >= 4 is 22.7 Å². The Hall–Kier alpha value is -3.73. The largest absolute Gasteiger partial charge is 0.484 e. The predicted octanol–water partition coefficient (Wildman–Crippen LogP) is 2.35. The minimum Gasteiger partial charge on any atom is -0.484 e. The zero-order valence-electron chi connectivity index (χ0n) is 19.4. The number of rotatable bonds is 8. The zero-order chi connectivity index (χ0) is 25.3. The highest BCUT2D eigenvalue weighted by atomic mass is 19.1. The van der Waals surface area contributed by atoms with E-state index in [1.165, 1.54) is 36.5 Å². The number of aromatic amines is 1. The summed E-state index contributed by atoms with van der Waals surface area (Å²) in [7, 11) is 0. The van der Waals surface area contributed by atoms with Crippen LogP contribution in [0.4, 0.5) is 8.78 Å². The lowest BCUT2D eigenvalue weighted by Crippen LogP contribution is -2.70. The van der Waals surface area contributed by atoms with Gasteiger partial charge in [-0.1, -0.05) is 0 Å². The molecule has 2 amide bonds. The van der Waals surface area contributed by atoms with Crippen LogP contribution in [0, 0.1) is 11.6 Å². The normalized spacial score (nSPS) is 24.9. The molecule has 3 aliphatic carbocycles. The summed E-state index contributed by atoms with van der Waals surface area (Å²) in [5.41, 5.74) is -0.924. The molecule has 0 spiro atoms. The fourth-order valence-electron chi connectivity index (χ4n) is 5.20. The highest BCUT2D eigenvalue weighted by molar-refractivity contribution is 5.81. The molecule has 1 atom stereocenters. The van der Waals surface area contributed by atoms with E-state index in [-0.39, 0.29) is 37.2 Å². The van der Waals surface area contributed by atoms with E-state index in [9.17, 15) is 23.5 Å². The number of benzene rings is 2. The Morgan fingerprint density at radius 1 is 1.00 bits per heavy atom. The van der Waals surface area contributed by atoms with E-state index in [4.69, 9.17) is 9.47 Å². The smallest absolute Gasteiger partial charge is 0.258 e. The number of amides is 2. The van der Waals surface area contributed by atoms with Crippen molar-refractivity contribution in [1.29, 1.82) is 0 Å². The van der Waals surface area contributed by atoms with Crippen molar-refractivity contribution in [2.75, 3.05) is 13.2 Å². The van der Waals surface area contributed by atoms with E-state index in [1.54, 1.807) is 6.07 Å². The molecule has 3 fully saturated rings. The van der Waals surface area contributed by atoms with Gasteiger partial charge in [0.15, 0.2) is 13.2 Å². The Balaban J connectivity index is 1.13. The molecule has 2 bridgehead atoms. The lowest BCUT2D eigenvalue weighted by atomic mass is 9.60. The molecule has 11 heteroatoms. The van der Waals surface area contributed by atoms with E-state index in [2.05, 4.69) is 20.8 Å². The molecular weight excluding hydrogens is 474 g/mol. The van der Waals surface area contributed by atoms with Crippen LogP contribution in [0.2, 0.25) is 0 Å². The monoisotopic (exact) mass is 500 g/mol. The average Bonchev–Trinajstić information content (AvgIpc) is 3.33. The fourth-order valence-corrected chi connectivity index (χ4v) is 5.20. The summed E-state index contributed by atoms with van der Waals surface area (Å²) >= 11 is 0. The molecule has 6 rings (SSSR count). The first-order valence-electron chi connectivity index (χ1n) is 11.7. The highest BCUT2D eigenvalue weighted by Gasteiger charge is 2.55. The van der Waals surface area contributed by atoms with E-state index >= 15 is 0 Å². The van der Waals surface area contributed by atoms with Gasteiger partial charge in [0, 0.05) is 17.7 Å². The number of aromatic nitrogens is 2. The summed E-state index contributed by atoms with van der Waals surface area (Å²) in [6.45, 7) is -0.566. The van der Waals surface area contributed by atoms with Gasteiger partial charge >= 0.3 is 0 Å². The summed E-state index contributed by atoms with van der Waals surface area (Å²) < 4.78 is 38.0.